The molecule has 0 radical (unpaired) electrons. The Kier molecular flexibility index (Phi) is 3.42. The normalized spacial score (nSPS) is 12.8. The van der Waals surface area contributed by atoms with Crippen molar-refractivity contribution >= 4 is 16.6 Å². The molecule has 0 saturated heterocycles. The zero-order valence-corrected chi connectivity index (χ0v) is 12.9. The lowest BCUT2D eigenvalue weighted by molar-refractivity contribution is 0.281. The highest BCUT2D eigenvalue weighted by Gasteiger charge is 2.15. The number of hydrogen-bond donors (Lipinski definition) is 1. The number of halogens is 1. The Labute approximate surface area is 136 Å². The Morgan fingerprint density at radius 2 is 2.21 bits per heavy atom. The molecule has 0 spiro atoms. The molecule has 0 amide bonds. The van der Waals surface area contributed by atoms with Gasteiger partial charge in [-0.1, -0.05) is 6.07 Å². The molecule has 122 valence electrons. The number of nitrogens with zero attached hydrogens (tertiary/aromatic N) is 3. The van der Waals surface area contributed by atoms with Crippen LogP contribution in [0.2, 0.25) is 0 Å². The van der Waals surface area contributed by atoms with Crippen molar-refractivity contribution in [3.05, 3.63) is 48.4 Å². The topological polar surface area (TPSA) is 78.6 Å². The first kappa shape index (κ1) is 14.6. The van der Waals surface area contributed by atoms with Crippen LogP contribution in [0.5, 0.6) is 5.88 Å². The van der Waals surface area contributed by atoms with Gasteiger partial charge >= 0.3 is 0 Å². The smallest absolute Gasteiger partial charge is 0.231 e. The van der Waals surface area contributed by atoms with Crippen molar-refractivity contribution in [2.24, 2.45) is 5.73 Å². The number of benzene rings is 1. The highest BCUT2D eigenvalue weighted by Crippen LogP contribution is 2.29. The molecule has 0 aliphatic heterocycles. The minimum Gasteiger partial charge on any atom is -0.475 e. The molecule has 3 heterocycles. The molecule has 24 heavy (non-hydrogen) atoms. The summed E-state index contributed by atoms with van der Waals surface area (Å²) in [7, 11) is 0. The van der Waals surface area contributed by atoms with Gasteiger partial charge in [0.15, 0.2) is 11.4 Å². The third kappa shape index (κ3) is 2.48. The molecule has 0 fully saturated rings. The highest BCUT2D eigenvalue weighted by molar-refractivity contribution is 5.83. The second-order valence-corrected chi connectivity index (χ2v) is 5.64. The summed E-state index contributed by atoms with van der Waals surface area (Å²) in [5.41, 5.74) is 7.42. The van der Waals surface area contributed by atoms with Crippen LogP contribution < -0.4 is 10.5 Å². The number of hydrogen-bond acceptors (Lipinski definition) is 5. The zero-order chi connectivity index (χ0) is 16.7. The summed E-state index contributed by atoms with van der Waals surface area (Å²) >= 11 is 0. The summed E-state index contributed by atoms with van der Waals surface area (Å²) in [4.78, 5) is 4.29. The molecule has 0 saturated carbocycles. The SMILES string of the molecule is CC(N)COc1ccc2ncc(-c3cc4c(F)cccc4o3)n2n1. The molecule has 1 atom stereocenters. The first-order valence-electron chi connectivity index (χ1n) is 7.53. The van der Waals surface area contributed by atoms with Crippen molar-refractivity contribution < 1.29 is 13.5 Å². The molecular weight excluding hydrogens is 311 g/mol. The van der Waals surface area contributed by atoms with E-state index < -0.39 is 0 Å². The van der Waals surface area contributed by atoms with E-state index >= 15 is 0 Å². The lowest BCUT2D eigenvalue weighted by atomic mass is 10.2. The molecule has 6 nitrogen and oxygen atoms in total. The third-order valence-corrected chi connectivity index (χ3v) is 3.59. The number of rotatable bonds is 4. The van der Waals surface area contributed by atoms with Crippen LogP contribution in [-0.2, 0) is 0 Å². The fraction of sp³-hybridized carbons (Fsp3) is 0.176. The Balaban J connectivity index is 1.80. The highest BCUT2D eigenvalue weighted by atomic mass is 19.1. The van der Waals surface area contributed by atoms with Gasteiger partial charge in [0, 0.05) is 12.1 Å². The van der Waals surface area contributed by atoms with Gasteiger partial charge in [-0.05, 0) is 31.2 Å². The third-order valence-electron chi connectivity index (χ3n) is 3.59. The molecule has 2 N–H and O–H groups in total. The first-order valence-corrected chi connectivity index (χ1v) is 7.53. The maximum absolute atomic E-state index is 13.9. The molecule has 4 rings (SSSR count). The predicted molar refractivity (Wildman–Crippen MR) is 87.3 cm³/mol. The Morgan fingerprint density at radius 3 is 3.00 bits per heavy atom. The Bertz CT molecular complexity index is 1020. The van der Waals surface area contributed by atoms with Crippen molar-refractivity contribution in [3.63, 3.8) is 0 Å². The predicted octanol–water partition coefficient (Wildman–Crippen LogP) is 3.01. The number of imidazole rings is 1. The fourth-order valence-electron chi connectivity index (χ4n) is 2.47. The fourth-order valence-corrected chi connectivity index (χ4v) is 2.47. The van der Waals surface area contributed by atoms with Gasteiger partial charge in [0.05, 0.1) is 11.6 Å². The Morgan fingerprint density at radius 1 is 1.33 bits per heavy atom. The van der Waals surface area contributed by atoms with Gasteiger partial charge in [0.1, 0.15) is 23.7 Å². The lowest BCUT2D eigenvalue weighted by Crippen LogP contribution is -2.24. The molecule has 1 unspecified atom stereocenters. The van der Waals surface area contributed by atoms with Crippen molar-refractivity contribution in [2.75, 3.05) is 6.61 Å². The van der Waals surface area contributed by atoms with Gasteiger partial charge in [0.2, 0.25) is 5.88 Å². The van der Waals surface area contributed by atoms with Crippen molar-refractivity contribution in [3.8, 4) is 17.3 Å². The summed E-state index contributed by atoms with van der Waals surface area (Å²) in [6, 6.07) is 9.79. The van der Waals surface area contributed by atoms with Crippen molar-refractivity contribution in [1.82, 2.24) is 14.6 Å². The summed E-state index contributed by atoms with van der Waals surface area (Å²) in [5, 5.41) is 4.82. The largest absolute Gasteiger partial charge is 0.475 e. The standard InChI is InChI=1S/C17H15FN4O2/c1-10(19)9-23-17-6-5-16-20-8-13(22(16)21-17)15-7-11-12(18)3-2-4-14(11)24-15/h2-8,10H,9,19H2,1H3. The van der Waals surface area contributed by atoms with Crippen LogP contribution in [0.15, 0.2) is 47.0 Å². The zero-order valence-electron chi connectivity index (χ0n) is 12.9. The number of aromatic nitrogens is 3. The van der Waals surface area contributed by atoms with Gasteiger partial charge in [-0.15, -0.1) is 5.10 Å². The lowest BCUT2D eigenvalue weighted by Gasteiger charge is -2.08. The monoisotopic (exact) mass is 326 g/mol. The van der Waals surface area contributed by atoms with Crippen LogP contribution in [0, 0.1) is 5.82 Å². The maximum Gasteiger partial charge on any atom is 0.231 e. The average molecular weight is 326 g/mol. The molecule has 0 bridgehead atoms. The van der Waals surface area contributed by atoms with E-state index in [0.717, 1.165) is 0 Å². The second-order valence-electron chi connectivity index (χ2n) is 5.64. The van der Waals surface area contributed by atoms with Gasteiger partial charge in [-0.25, -0.2) is 13.9 Å². The quantitative estimate of drug-likeness (QED) is 0.624. The molecule has 7 heteroatoms. The van der Waals surface area contributed by atoms with Crippen LogP contribution in [0.3, 0.4) is 0 Å². The van der Waals surface area contributed by atoms with E-state index in [4.69, 9.17) is 14.9 Å². The van der Waals surface area contributed by atoms with Crippen LogP contribution >= 0.6 is 0 Å². The van der Waals surface area contributed by atoms with E-state index in [1.54, 1.807) is 41.0 Å². The van der Waals surface area contributed by atoms with Crippen LogP contribution in [0.25, 0.3) is 28.1 Å². The maximum atomic E-state index is 13.9. The van der Waals surface area contributed by atoms with E-state index in [0.29, 0.717) is 40.6 Å². The van der Waals surface area contributed by atoms with E-state index in [2.05, 4.69) is 10.1 Å². The number of ether oxygens (including phenoxy) is 1. The molecular formula is C17H15FN4O2. The number of fused-ring (bicyclic) bond motifs is 2. The summed E-state index contributed by atoms with van der Waals surface area (Å²) in [6.45, 7) is 2.21. The minimum atomic E-state index is -0.328. The minimum absolute atomic E-state index is 0.0943. The van der Waals surface area contributed by atoms with E-state index in [9.17, 15) is 4.39 Å². The van der Waals surface area contributed by atoms with Gasteiger partial charge < -0.3 is 14.9 Å². The van der Waals surface area contributed by atoms with E-state index in [1.807, 2.05) is 6.92 Å². The number of nitrogens with two attached hydrogens (primary N) is 1. The molecule has 0 aliphatic carbocycles. The Hall–Kier alpha value is -2.93. The average Bonchev–Trinajstić information content (AvgIpc) is 3.16. The van der Waals surface area contributed by atoms with Crippen LogP contribution in [0.4, 0.5) is 4.39 Å². The van der Waals surface area contributed by atoms with E-state index in [1.165, 1.54) is 6.07 Å². The molecule has 3 aromatic heterocycles. The van der Waals surface area contributed by atoms with Gasteiger partial charge in [-0.2, -0.15) is 0 Å². The van der Waals surface area contributed by atoms with Gasteiger partial charge in [-0.3, -0.25) is 0 Å². The summed E-state index contributed by atoms with van der Waals surface area (Å²) < 4.78 is 26.7. The van der Waals surface area contributed by atoms with Crippen LogP contribution in [0.1, 0.15) is 6.92 Å². The molecule has 1 aromatic carbocycles. The molecule has 0 aliphatic rings. The molecule has 4 aromatic rings. The van der Waals surface area contributed by atoms with Crippen molar-refractivity contribution in [1.29, 1.82) is 0 Å². The number of furan rings is 1. The van der Waals surface area contributed by atoms with E-state index in [-0.39, 0.29) is 11.9 Å². The second kappa shape index (κ2) is 5.61. The van der Waals surface area contributed by atoms with Crippen LogP contribution in [-0.4, -0.2) is 27.2 Å². The summed E-state index contributed by atoms with van der Waals surface area (Å²) in [5.74, 6) is 0.589. The first-order chi connectivity index (χ1) is 11.6. The van der Waals surface area contributed by atoms with Gasteiger partial charge in [0.25, 0.3) is 0 Å². The van der Waals surface area contributed by atoms with Crippen molar-refractivity contribution in [2.45, 2.75) is 13.0 Å². The summed E-state index contributed by atoms with van der Waals surface area (Å²) in [6.07, 6.45) is 1.63.